The van der Waals surface area contributed by atoms with Crippen LogP contribution < -0.4 is 0 Å². The number of rotatable bonds is 3. The average Bonchev–Trinajstić information content (AvgIpc) is 3.36. The molecule has 0 aliphatic heterocycles. The third-order valence-electron chi connectivity index (χ3n) is 14.1. The molecule has 0 aromatic heterocycles. The summed E-state index contributed by atoms with van der Waals surface area (Å²) in [6.07, 6.45) is 17.4. The van der Waals surface area contributed by atoms with Gasteiger partial charge in [0.15, 0.2) is 0 Å². The summed E-state index contributed by atoms with van der Waals surface area (Å²) in [4.78, 5) is 0. The lowest BCUT2D eigenvalue weighted by atomic mass is 9.58. The van der Waals surface area contributed by atoms with Crippen LogP contribution in [0.1, 0.15) is 89.5 Å². The summed E-state index contributed by atoms with van der Waals surface area (Å²) >= 11 is 0. The van der Waals surface area contributed by atoms with E-state index in [2.05, 4.69) is 133 Å². The molecular weight excluding hydrogens is 497 g/mol. The van der Waals surface area contributed by atoms with Gasteiger partial charge in [-0.2, -0.15) is 0 Å². The molecule has 0 radical (unpaired) electrons. The van der Waals surface area contributed by atoms with Crippen LogP contribution in [0, 0.1) is 81.8 Å². The first-order valence-corrected chi connectivity index (χ1v) is 20.4. The smallest absolute Gasteiger partial charge is 0.0553 e. The number of hydrogen-bond donors (Lipinski definition) is 0. The molecule has 14 atom stereocenters. The van der Waals surface area contributed by atoms with Gasteiger partial charge in [-0.3, -0.25) is 0 Å². The Balaban J connectivity index is 1.65. The van der Waals surface area contributed by atoms with E-state index in [1.54, 1.807) is 11.1 Å². The van der Waals surface area contributed by atoms with Gasteiger partial charge in [-0.1, -0.05) is 139 Å². The highest BCUT2D eigenvalue weighted by atomic mass is 28.3. The first-order valence-electron chi connectivity index (χ1n) is 17.2. The summed E-state index contributed by atoms with van der Waals surface area (Å²) in [6, 6.07) is 0. The van der Waals surface area contributed by atoms with Crippen molar-refractivity contribution in [3.8, 4) is 0 Å². The largest absolute Gasteiger partial charge is 0.0799 e. The fourth-order valence-electron chi connectivity index (χ4n) is 11.7. The highest BCUT2D eigenvalue weighted by molar-refractivity contribution is 6.80. The van der Waals surface area contributed by atoms with Crippen LogP contribution >= 0.6 is 0 Å². The van der Waals surface area contributed by atoms with E-state index in [-0.39, 0.29) is 10.8 Å². The Morgan fingerprint density at radius 1 is 0.575 bits per heavy atom. The minimum Gasteiger partial charge on any atom is -0.0799 e. The predicted octanol–water partition coefficient (Wildman–Crippen LogP) is 11.5. The summed E-state index contributed by atoms with van der Waals surface area (Å²) in [5, 5.41) is 0. The van der Waals surface area contributed by atoms with Gasteiger partial charge in [-0.25, -0.2) is 0 Å². The molecule has 0 aromatic rings. The second-order valence-corrected chi connectivity index (χ2v) is 23.1. The van der Waals surface area contributed by atoms with Crippen molar-refractivity contribution >= 4 is 8.07 Å². The van der Waals surface area contributed by atoms with Crippen LogP contribution in [-0.4, -0.2) is 8.07 Å². The van der Waals surface area contributed by atoms with Crippen molar-refractivity contribution in [1.29, 1.82) is 0 Å². The number of allylic oxidation sites excluding steroid dienone is 8. The lowest BCUT2D eigenvalue weighted by Crippen LogP contribution is -2.50. The van der Waals surface area contributed by atoms with E-state index in [1.807, 2.05) is 0 Å². The van der Waals surface area contributed by atoms with Crippen LogP contribution in [0.4, 0.5) is 0 Å². The Kier molecular flexibility index (Phi) is 7.76. The third-order valence-corrected chi connectivity index (χ3v) is 19.2. The van der Waals surface area contributed by atoms with E-state index in [4.69, 9.17) is 0 Å². The average molecular weight is 561 g/mol. The molecule has 0 bridgehead atoms. The van der Waals surface area contributed by atoms with Gasteiger partial charge in [-0.05, 0) is 104 Å². The van der Waals surface area contributed by atoms with Crippen LogP contribution in [0.25, 0.3) is 0 Å². The maximum Gasteiger partial charge on any atom is 0.0553 e. The normalized spacial score (nSPS) is 47.0. The molecule has 40 heavy (non-hydrogen) atoms. The van der Waals surface area contributed by atoms with E-state index in [0.29, 0.717) is 23.7 Å². The van der Waals surface area contributed by atoms with Crippen molar-refractivity contribution in [3.63, 3.8) is 0 Å². The maximum atomic E-state index is 2.89. The Hall–Kier alpha value is -0.823. The summed E-state index contributed by atoms with van der Waals surface area (Å²) < 4.78 is 0. The molecule has 0 nitrogen and oxygen atoms in total. The molecule has 5 aliphatic rings. The molecule has 0 amide bonds. The lowest BCUT2D eigenvalue weighted by molar-refractivity contribution is 0.00956. The first kappa shape index (κ1) is 30.6. The first-order chi connectivity index (χ1) is 18.4. The van der Waals surface area contributed by atoms with Crippen LogP contribution in [0.15, 0.2) is 47.6 Å². The lowest BCUT2D eigenvalue weighted by Gasteiger charge is -2.52. The predicted molar refractivity (Wildman–Crippen MR) is 179 cm³/mol. The summed E-state index contributed by atoms with van der Waals surface area (Å²) in [6.45, 7) is 36.1. The van der Waals surface area contributed by atoms with Gasteiger partial charge >= 0.3 is 0 Å². The number of fused-ring (bicyclic) bond motifs is 4. The molecule has 12 unspecified atom stereocenters. The molecule has 1 heteroatoms. The highest BCUT2D eigenvalue weighted by Crippen LogP contribution is 2.70. The van der Waals surface area contributed by atoms with E-state index in [1.165, 1.54) is 6.42 Å². The van der Waals surface area contributed by atoms with Crippen LogP contribution in [0.5, 0.6) is 0 Å². The van der Waals surface area contributed by atoms with E-state index in [9.17, 15) is 0 Å². The topological polar surface area (TPSA) is 0 Å². The zero-order valence-electron chi connectivity index (χ0n) is 28.8. The minimum absolute atomic E-state index is 0.214. The molecule has 0 saturated heterocycles. The van der Waals surface area contributed by atoms with Crippen molar-refractivity contribution in [1.82, 2.24) is 0 Å². The zero-order chi connectivity index (χ0) is 29.7. The Morgan fingerprint density at radius 2 is 1.00 bits per heavy atom. The molecule has 3 fully saturated rings. The van der Waals surface area contributed by atoms with Gasteiger partial charge in [-0.15, -0.1) is 0 Å². The number of hydrogen-bond acceptors (Lipinski definition) is 0. The third kappa shape index (κ3) is 4.57. The van der Waals surface area contributed by atoms with Crippen LogP contribution in [-0.2, 0) is 0 Å². The second-order valence-electron chi connectivity index (χ2n) is 18.2. The summed E-state index contributed by atoms with van der Waals surface area (Å²) in [7, 11) is -1.74. The molecule has 3 saturated carbocycles. The van der Waals surface area contributed by atoms with Gasteiger partial charge in [0.25, 0.3) is 0 Å². The van der Waals surface area contributed by atoms with Crippen molar-refractivity contribution in [2.45, 2.75) is 114 Å². The standard InChI is InChI=1S/C39H64Si/c1-15-29-26(6)36(35-25(5)23(3)22(2)24(4)34(29)35)40(13,14)37-32-20-27(38(7,8)9)16-18-30(32)31-19-17-28(21-33(31)37)39(10,11)12/h16-26,29-37H,15H2,1-14H3/t22?,23?,24?,25?,26-,29?,30-,31?,32?,33?,34?,35?,36?,37?/m0/s1. The zero-order valence-corrected chi connectivity index (χ0v) is 29.8. The maximum absolute atomic E-state index is 2.89. The van der Waals surface area contributed by atoms with E-state index >= 15 is 0 Å². The monoisotopic (exact) mass is 560 g/mol. The van der Waals surface area contributed by atoms with Gasteiger partial charge in [0.05, 0.1) is 8.07 Å². The van der Waals surface area contributed by atoms with Gasteiger partial charge in [0.1, 0.15) is 0 Å². The summed E-state index contributed by atoms with van der Waals surface area (Å²) in [5.41, 5.74) is 5.33. The van der Waals surface area contributed by atoms with Gasteiger partial charge in [0, 0.05) is 0 Å². The fraction of sp³-hybridized carbons (Fsp3) is 0.795. The van der Waals surface area contributed by atoms with E-state index < -0.39 is 8.07 Å². The van der Waals surface area contributed by atoms with Gasteiger partial charge < -0.3 is 0 Å². The summed E-state index contributed by atoms with van der Waals surface area (Å²) in [5.74, 6) is 9.70. The molecule has 224 valence electrons. The molecular formula is C39H64Si. The quantitative estimate of drug-likeness (QED) is 0.301. The van der Waals surface area contributed by atoms with Crippen LogP contribution in [0.2, 0.25) is 24.2 Å². The Bertz CT molecular complexity index is 1030. The fourth-order valence-corrected chi connectivity index (χ4v) is 17.9. The Morgan fingerprint density at radius 3 is 1.40 bits per heavy atom. The van der Waals surface area contributed by atoms with Gasteiger partial charge in [0.2, 0.25) is 0 Å². The highest BCUT2D eigenvalue weighted by Gasteiger charge is 2.64. The molecule has 0 N–H and O–H groups in total. The molecule has 0 spiro atoms. The van der Waals surface area contributed by atoms with Crippen molar-refractivity contribution in [2.75, 3.05) is 0 Å². The molecule has 0 heterocycles. The van der Waals surface area contributed by atoms with Crippen LogP contribution in [0.3, 0.4) is 0 Å². The minimum atomic E-state index is -1.74. The van der Waals surface area contributed by atoms with Crippen molar-refractivity contribution < 1.29 is 0 Å². The Labute approximate surface area is 250 Å². The molecule has 5 aliphatic carbocycles. The second kappa shape index (κ2) is 10.1. The van der Waals surface area contributed by atoms with Crippen molar-refractivity contribution in [2.24, 2.45) is 81.8 Å². The SMILES string of the molecule is CCC1C2C(C)C(C)C(C)C(C)C2C([Si](C)(C)C2C3C=C(C(C)(C)C)C=CC3[C@@H]3C=CC(C(C)(C)C)=CC23)[C@H]1C. The molecule has 0 aromatic carbocycles. The van der Waals surface area contributed by atoms with E-state index in [0.717, 1.165) is 58.4 Å². The molecule has 5 rings (SSSR count). The van der Waals surface area contributed by atoms with Crippen molar-refractivity contribution in [3.05, 3.63) is 47.6 Å².